The lowest BCUT2D eigenvalue weighted by Crippen LogP contribution is -2.64. The third-order valence-electron chi connectivity index (χ3n) is 5.70. The van der Waals surface area contributed by atoms with E-state index in [1.165, 1.54) is 14.5 Å². The minimum absolute atomic E-state index is 0.323. The quantitative estimate of drug-likeness (QED) is 0.299. The Morgan fingerprint density at radius 1 is 0.821 bits per heavy atom. The molecule has 0 radical (unpaired) electrons. The Labute approximate surface area is 203 Å². The third kappa shape index (κ3) is 4.28. The predicted octanol–water partition coefficient (Wildman–Crippen LogP) is 8.65. The van der Waals surface area contributed by atoms with E-state index in [2.05, 4.69) is 128 Å². The van der Waals surface area contributed by atoms with E-state index in [1.54, 1.807) is 10.1 Å². The Morgan fingerprint density at radius 3 is 1.61 bits per heavy atom. The smallest absolute Gasteiger partial charge is 0.0919 e. The van der Waals surface area contributed by atoms with E-state index >= 15 is 0 Å². The molecular formula is C20H38Br2S2Si4. The van der Waals surface area contributed by atoms with Gasteiger partial charge in [-0.1, -0.05) is 94.5 Å². The van der Waals surface area contributed by atoms with Gasteiger partial charge in [0.05, 0.1) is 32.3 Å². The maximum absolute atomic E-state index is 4.23. The molecule has 0 fully saturated rings. The molecule has 0 N–H and O–H groups in total. The Kier molecular flexibility index (Phi) is 7.29. The number of hydrogen-bond acceptors (Lipinski definition) is 2. The molecule has 8 heteroatoms. The molecule has 160 valence electrons. The van der Waals surface area contributed by atoms with Crippen LogP contribution in [-0.2, 0) is 0 Å². The van der Waals surface area contributed by atoms with Gasteiger partial charge in [-0.05, 0) is 26.9 Å². The monoisotopic (exact) mass is 612 g/mol. The summed E-state index contributed by atoms with van der Waals surface area (Å²) in [5.74, 6) is 0. The summed E-state index contributed by atoms with van der Waals surface area (Å²) in [5.41, 5.74) is 3.18. The highest BCUT2D eigenvalue weighted by Gasteiger charge is 2.62. The molecule has 0 nitrogen and oxygen atoms in total. The van der Waals surface area contributed by atoms with Gasteiger partial charge < -0.3 is 0 Å². The van der Waals surface area contributed by atoms with Crippen LogP contribution in [0.25, 0.3) is 5.57 Å². The SMILES string of the molecule is C[Si](C)(C)c1scc(C2=C(Br)C([Si](C)(C)C)SC2([Si](C)(C)C)[Si](C)(C)C)c1Br. The van der Waals surface area contributed by atoms with E-state index in [9.17, 15) is 0 Å². The number of thioether (sulfide) groups is 1. The maximum atomic E-state index is 4.23. The first-order valence-electron chi connectivity index (χ1n) is 10.1. The molecule has 0 aromatic carbocycles. The van der Waals surface area contributed by atoms with Crippen molar-refractivity contribution < 1.29 is 0 Å². The largest absolute Gasteiger partial charge is 0.152 e. The second kappa shape index (κ2) is 7.88. The maximum Gasteiger partial charge on any atom is 0.0919 e. The van der Waals surface area contributed by atoms with Crippen molar-refractivity contribution in [2.45, 2.75) is 87.4 Å². The molecule has 1 aliphatic rings. The summed E-state index contributed by atoms with van der Waals surface area (Å²) < 4.78 is 4.87. The van der Waals surface area contributed by atoms with Crippen molar-refractivity contribution in [2.75, 3.05) is 0 Å². The zero-order valence-corrected chi connectivity index (χ0v) is 28.5. The van der Waals surface area contributed by atoms with E-state index < -0.39 is 32.3 Å². The Morgan fingerprint density at radius 2 is 1.29 bits per heavy atom. The van der Waals surface area contributed by atoms with Crippen molar-refractivity contribution in [3.05, 3.63) is 19.9 Å². The molecule has 1 aromatic heterocycles. The highest BCUT2D eigenvalue weighted by molar-refractivity contribution is 9.12. The van der Waals surface area contributed by atoms with Crippen LogP contribution in [0.1, 0.15) is 5.56 Å². The Bertz CT molecular complexity index is 773. The summed E-state index contributed by atoms with van der Waals surface area (Å²) in [6.07, 6.45) is 0. The fourth-order valence-electron chi connectivity index (χ4n) is 4.71. The van der Waals surface area contributed by atoms with Gasteiger partial charge in [0, 0.05) is 27.9 Å². The summed E-state index contributed by atoms with van der Waals surface area (Å²) in [4.78, 5) is 0.656. The van der Waals surface area contributed by atoms with Gasteiger partial charge >= 0.3 is 0 Å². The topological polar surface area (TPSA) is 0 Å². The van der Waals surface area contributed by atoms with E-state index in [1.807, 2.05) is 11.3 Å². The lowest BCUT2D eigenvalue weighted by molar-refractivity contribution is 1.27. The standard InChI is InChI=1S/C20H38Br2S2Si4/c1-25(2,3)18-16(21)14(13-23-18)15-17(22)19(26(4,5)6)24-20(15,27(7,8)9)28(10,11)12/h13,19H,1-12H3. The average Bonchev–Trinajstić information content (AvgIpc) is 2.94. The van der Waals surface area contributed by atoms with Crippen LogP contribution in [0.5, 0.6) is 0 Å². The minimum Gasteiger partial charge on any atom is -0.152 e. The van der Waals surface area contributed by atoms with Crippen molar-refractivity contribution in [2.24, 2.45) is 0 Å². The minimum atomic E-state index is -1.52. The molecule has 0 saturated heterocycles. The van der Waals surface area contributed by atoms with Crippen LogP contribution in [0.3, 0.4) is 0 Å². The van der Waals surface area contributed by atoms with Crippen molar-refractivity contribution in [1.29, 1.82) is 0 Å². The molecule has 0 spiro atoms. The molecule has 1 aliphatic heterocycles. The molecule has 28 heavy (non-hydrogen) atoms. The first-order chi connectivity index (χ1) is 12.3. The second-order valence-electron chi connectivity index (χ2n) is 12.3. The van der Waals surface area contributed by atoms with Gasteiger partial charge in [-0.3, -0.25) is 0 Å². The van der Waals surface area contributed by atoms with E-state index in [0.717, 1.165) is 0 Å². The van der Waals surface area contributed by atoms with Gasteiger partial charge in [0.2, 0.25) is 0 Å². The van der Waals surface area contributed by atoms with Crippen LogP contribution in [-0.4, -0.2) is 41.2 Å². The number of thiophene rings is 1. The number of halogens is 2. The molecule has 0 amide bonds. The molecule has 1 atom stereocenters. The van der Waals surface area contributed by atoms with E-state index in [0.29, 0.717) is 8.87 Å². The van der Waals surface area contributed by atoms with Crippen LogP contribution in [0, 0.1) is 0 Å². The normalized spacial score (nSPS) is 21.6. The lowest BCUT2D eigenvalue weighted by atomic mass is 10.1. The van der Waals surface area contributed by atoms with Gasteiger partial charge in [-0.15, -0.1) is 0 Å². The molecule has 0 saturated carbocycles. The van der Waals surface area contributed by atoms with Crippen LogP contribution in [0.4, 0.5) is 0 Å². The zero-order chi connectivity index (χ0) is 22.1. The van der Waals surface area contributed by atoms with Gasteiger partial charge in [0.25, 0.3) is 0 Å². The first-order valence-corrected chi connectivity index (χ1v) is 27.5. The summed E-state index contributed by atoms with van der Waals surface area (Å²) in [7, 11) is -5.77. The van der Waals surface area contributed by atoms with Crippen LogP contribution >= 0.6 is 55.0 Å². The highest BCUT2D eigenvalue weighted by atomic mass is 79.9. The summed E-state index contributed by atoms with van der Waals surface area (Å²) in [6, 6.07) is 0. The van der Waals surface area contributed by atoms with Crippen molar-refractivity contribution in [3.8, 4) is 0 Å². The van der Waals surface area contributed by atoms with E-state index in [4.69, 9.17) is 0 Å². The fourth-order valence-corrected chi connectivity index (χ4v) is 32.7. The van der Waals surface area contributed by atoms with Crippen molar-refractivity contribution >= 4 is 97.3 Å². The van der Waals surface area contributed by atoms with Crippen LogP contribution in [0.2, 0.25) is 78.6 Å². The molecule has 1 aromatic rings. The predicted molar refractivity (Wildman–Crippen MR) is 155 cm³/mol. The first kappa shape index (κ1) is 25.9. The lowest BCUT2D eigenvalue weighted by Gasteiger charge is -2.51. The second-order valence-corrected chi connectivity index (χ2v) is 39.0. The van der Waals surface area contributed by atoms with E-state index in [-0.39, 0.29) is 0 Å². The third-order valence-corrected chi connectivity index (χ3v) is 32.3. The van der Waals surface area contributed by atoms with Gasteiger partial charge in [0.15, 0.2) is 0 Å². The zero-order valence-electron chi connectivity index (χ0n) is 19.7. The van der Waals surface area contributed by atoms with Gasteiger partial charge in [-0.25, -0.2) is 0 Å². The Hall–Kier alpha value is 1.62. The van der Waals surface area contributed by atoms with Gasteiger partial charge in [0.1, 0.15) is 0 Å². The molecule has 2 rings (SSSR count). The molecule has 1 unspecified atom stereocenters. The summed E-state index contributed by atoms with van der Waals surface area (Å²) >= 11 is 12.7. The van der Waals surface area contributed by atoms with Crippen molar-refractivity contribution in [1.82, 2.24) is 0 Å². The fraction of sp³-hybridized carbons (Fsp3) is 0.700. The van der Waals surface area contributed by atoms with Crippen LogP contribution < -0.4 is 4.50 Å². The number of rotatable bonds is 5. The highest BCUT2D eigenvalue weighted by Crippen LogP contribution is 2.63. The molecule has 0 bridgehead atoms. The molecule has 2 heterocycles. The van der Waals surface area contributed by atoms with Gasteiger partial charge in [-0.2, -0.15) is 23.1 Å². The van der Waals surface area contributed by atoms with Crippen molar-refractivity contribution in [3.63, 3.8) is 0 Å². The molecule has 0 aliphatic carbocycles. The Balaban J connectivity index is 2.92. The number of hydrogen-bond donors (Lipinski definition) is 0. The average molecular weight is 615 g/mol. The summed E-state index contributed by atoms with van der Waals surface area (Å²) in [5, 5.41) is 2.48. The van der Waals surface area contributed by atoms with Crippen LogP contribution in [0.15, 0.2) is 14.3 Å². The molecular weight excluding hydrogens is 577 g/mol. The summed E-state index contributed by atoms with van der Waals surface area (Å²) in [6.45, 7) is 30.7.